The molecule has 34 heavy (non-hydrogen) atoms. The average molecular weight is 524 g/mol. The molecule has 7 heteroatoms. The summed E-state index contributed by atoms with van der Waals surface area (Å²) in [6.07, 6.45) is 5.73. The Morgan fingerprint density at radius 1 is 1.15 bits per heavy atom. The van der Waals surface area contributed by atoms with Crippen molar-refractivity contribution < 1.29 is 9.47 Å². The summed E-state index contributed by atoms with van der Waals surface area (Å²) in [5, 5.41) is 5.07. The molecule has 0 saturated heterocycles. The van der Waals surface area contributed by atoms with Gasteiger partial charge in [-0.25, -0.2) is 4.98 Å². The van der Waals surface area contributed by atoms with Crippen molar-refractivity contribution >= 4 is 33.0 Å². The van der Waals surface area contributed by atoms with E-state index in [4.69, 9.17) is 14.5 Å². The maximum absolute atomic E-state index is 13.4. The number of fused-ring (bicyclic) bond motifs is 1. The molecule has 178 valence electrons. The van der Waals surface area contributed by atoms with Crippen LogP contribution < -0.4 is 15.0 Å². The van der Waals surface area contributed by atoms with Gasteiger partial charge in [0.25, 0.3) is 5.56 Å². The third-order valence-electron chi connectivity index (χ3n) is 4.97. The summed E-state index contributed by atoms with van der Waals surface area (Å²) in [4.78, 5) is 18.2. The zero-order chi connectivity index (χ0) is 24.9. The summed E-state index contributed by atoms with van der Waals surface area (Å²) in [6, 6.07) is 9.29. The fraction of sp³-hybridized carbons (Fsp3) is 0.296. The normalized spacial score (nSPS) is 11.7. The van der Waals surface area contributed by atoms with E-state index >= 15 is 0 Å². The van der Waals surface area contributed by atoms with Gasteiger partial charge >= 0.3 is 0 Å². The molecule has 3 aromatic rings. The van der Waals surface area contributed by atoms with Crippen molar-refractivity contribution in [2.75, 3.05) is 13.2 Å². The lowest BCUT2D eigenvalue weighted by Gasteiger charge is -2.21. The van der Waals surface area contributed by atoms with E-state index in [9.17, 15) is 4.79 Å². The highest BCUT2D eigenvalue weighted by Gasteiger charge is 2.23. The lowest BCUT2D eigenvalue weighted by Crippen LogP contribution is -2.29. The number of rotatable bonds is 9. The van der Waals surface area contributed by atoms with Crippen molar-refractivity contribution in [3.8, 4) is 11.5 Å². The van der Waals surface area contributed by atoms with E-state index in [2.05, 4.69) is 34.2 Å². The molecular weight excluding hydrogens is 494 g/mol. The van der Waals surface area contributed by atoms with E-state index in [1.807, 2.05) is 52.0 Å². The second-order valence-electron chi connectivity index (χ2n) is 8.74. The van der Waals surface area contributed by atoms with Gasteiger partial charge in [-0.15, -0.1) is 6.58 Å². The molecule has 0 amide bonds. The van der Waals surface area contributed by atoms with Crippen LogP contribution in [0, 0.1) is 0 Å². The molecule has 6 nitrogen and oxygen atoms in total. The summed E-state index contributed by atoms with van der Waals surface area (Å²) in [5.74, 6) is 1.84. The Kier molecular flexibility index (Phi) is 8.10. The molecule has 0 aliphatic heterocycles. The lowest BCUT2D eigenvalue weighted by atomic mass is 9.95. The van der Waals surface area contributed by atoms with Crippen LogP contribution in [-0.4, -0.2) is 29.1 Å². The van der Waals surface area contributed by atoms with Crippen LogP contribution in [-0.2, 0) is 11.8 Å². The number of benzene rings is 2. The van der Waals surface area contributed by atoms with Crippen molar-refractivity contribution in [2.45, 2.75) is 39.5 Å². The summed E-state index contributed by atoms with van der Waals surface area (Å²) in [5.41, 5.74) is 1.69. The van der Waals surface area contributed by atoms with Crippen molar-refractivity contribution in [1.29, 1.82) is 0 Å². The minimum absolute atomic E-state index is 0.227. The highest BCUT2D eigenvalue weighted by Crippen LogP contribution is 2.34. The smallest absolute Gasteiger partial charge is 0.282 e. The molecule has 0 bridgehead atoms. The molecule has 0 aliphatic carbocycles. The van der Waals surface area contributed by atoms with Crippen LogP contribution >= 0.6 is 15.9 Å². The Bertz CT molecular complexity index is 1300. The van der Waals surface area contributed by atoms with Gasteiger partial charge in [0, 0.05) is 15.5 Å². The van der Waals surface area contributed by atoms with Gasteiger partial charge in [0.2, 0.25) is 0 Å². The molecule has 1 aromatic heterocycles. The number of halogens is 1. The van der Waals surface area contributed by atoms with E-state index in [0.29, 0.717) is 47.9 Å². The molecule has 0 atom stereocenters. The summed E-state index contributed by atoms with van der Waals surface area (Å²) in [7, 11) is 0. The summed E-state index contributed by atoms with van der Waals surface area (Å²) >= 11 is 3.44. The van der Waals surface area contributed by atoms with Gasteiger partial charge in [-0.2, -0.15) is 9.78 Å². The van der Waals surface area contributed by atoms with Crippen LogP contribution in [0.5, 0.6) is 11.5 Å². The molecule has 3 rings (SSSR count). The van der Waals surface area contributed by atoms with Crippen molar-refractivity contribution in [2.24, 2.45) is 5.10 Å². The van der Waals surface area contributed by atoms with Crippen molar-refractivity contribution in [3.05, 3.63) is 87.4 Å². The van der Waals surface area contributed by atoms with Crippen LogP contribution in [0.15, 0.2) is 70.0 Å². The Hall–Kier alpha value is -3.19. The molecule has 0 spiro atoms. The standard InChI is InChI=1S/C27H30BrN3O3/c1-7-10-19-14-18(15-23(33-9-3)24(19)34-13-8-2)17-29-31-25(32)21-16-20(28)11-12-22(21)30-26(31)27(4,5)6/h7-8,11-12,14-17H,1-2,9-10,13H2,3-6H3. The van der Waals surface area contributed by atoms with Gasteiger partial charge in [0.05, 0.1) is 23.7 Å². The predicted octanol–water partition coefficient (Wildman–Crippen LogP) is 6.03. The van der Waals surface area contributed by atoms with E-state index in [1.54, 1.807) is 24.4 Å². The van der Waals surface area contributed by atoms with Crippen LogP contribution in [0.2, 0.25) is 0 Å². The van der Waals surface area contributed by atoms with Gasteiger partial charge in [0.1, 0.15) is 12.4 Å². The highest BCUT2D eigenvalue weighted by molar-refractivity contribution is 9.10. The topological polar surface area (TPSA) is 65.7 Å². The molecule has 0 unspecified atom stereocenters. The van der Waals surface area contributed by atoms with E-state index in [0.717, 1.165) is 15.6 Å². The van der Waals surface area contributed by atoms with Gasteiger partial charge in [0.15, 0.2) is 11.5 Å². The van der Waals surface area contributed by atoms with E-state index in [-0.39, 0.29) is 5.56 Å². The fourth-order valence-electron chi connectivity index (χ4n) is 3.50. The predicted molar refractivity (Wildman–Crippen MR) is 143 cm³/mol. The van der Waals surface area contributed by atoms with Gasteiger partial charge in [-0.3, -0.25) is 4.79 Å². The van der Waals surface area contributed by atoms with Crippen molar-refractivity contribution in [1.82, 2.24) is 9.66 Å². The van der Waals surface area contributed by atoms with E-state index < -0.39 is 5.41 Å². The number of hydrogen-bond donors (Lipinski definition) is 0. The van der Waals surface area contributed by atoms with Gasteiger partial charge in [-0.1, -0.05) is 55.4 Å². The van der Waals surface area contributed by atoms with Crippen LogP contribution in [0.3, 0.4) is 0 Å². The maximum atomic E-state index is 13.4. The summed E-state index contributed by atoms with van der Waals surface area (Å²) < 4.78 is 13.9. The largest absolute Gasteiger partial charge is 0.490 e. The molecule has 0 N–H and O–H groups in total. The second-order valence-corrected chi connectivity index (χ2v) is 9.66. The first-order chi connectivity index (χ1) is 16.2. The minimum atomic E-state index is -0.398. The molecule has 1 heterocycles. The second kappa shape index (κ2) is 10.8. The quantitative estimate of drug-likeness (QED) is 0.253. The zero-order valence-electron chi connectivity index (χ0n) is 20.1. The molecular formula is C27H30BrN3O3. The van der Waals surface area contributed by atoms with Gasteiger partial charge in [-0.05, 0) is 49.2 Å². The number of nitrogens with zero attached hydrogens (tertiary/aromatic N) is 3. The first kappa shape index (κ1) is 25.4. The Balaban J connectivity index is 2.18. The average Bonchev–Trinajstić information content (AvgIpc) is 2.78. The molecule has 0 saturated carbocycles. The van der Waals surface area contributed by atoms with Gasteiger partial charge < -0.3 is 9.47 Å². The number of ether oxygens (including phenoxy) is 2. The third kappa shape index (κ3) is 5.65. The minimum Gasteiger partial charge on any atom is -0.490 e. The SMILES string of the molecule is C=CCOc1c(CC=C)cc(C=Nn2c(C(C)(C)C)nc3ccc(Br)cc3c2=O)cc1OCC. The van der Waals surface area contributed by atoms with Crippen molar-refractivity contribution in [3.63, 3.8) is 0 Å². The van der Waals surface area contributed by atoms with Crippen LogP contribution in [0.25, 0.3) is 10.9 Å². The molecule has 0 aliphatic rings. The Morgan fingerprint density at radius 2 is 1.91 bits per heavy atom. The number of hydrogen-bond acceptors (Lipinski definition) is 5. The lowest BCUT2D eigenvalue weighted by molar-refractivity contribution is 0.295. The maximum Gasteiger partial charge on any atom is 0.282 e. The highest BCUT2D eigenvalue weighted by atomic mass is 79.9. The number of allylic oxidation sites excluding steroid dienone is 1. The Labute approximate surface area is 208 Å². The molecule has 0 fully saturated rings. The zero-order valence-corrected chi connectivity index (χ0v) is 21.7. The Morgan fingerprint density at radius 3 is 2.56 bits per heavy atom. The molecule has 2 aromatic carbocycles. The third-order valence-corrected chi connectivity index (χ3v) is 5.46. The van der Waals surface area contributed by atoms with E-state index in [1.165, 1.54) is 4.68 Å². The first-order valence-corrected chi connectivity index (χ1v) is 11.9. The monoisotopic (exact) mass is 523 g/mol. The number of aromatic nitrogens is 2. The molecule has 0 radical (unpaired) electrons. The van der Waals surface area contributed by atoms with Crippen LogP contribution in [0.4, 0.5) is 0 Å². The fourth-order valence-corrected chi connectivity index (χ4v) is 3.86. The first-order valence-electron chi connectivity index (χ1n) is 11.1. The van der Waals surface area contributed by atoms with Crippen LogP contribution in [0.1, 0.15) is 44.6 Å². The summed E-state index contributed by atoms with van der Waals surface area (Å²) in [6.45, 7) is 16.4.